The summed E-state index contributed by atoms with van der Waals surface area (Å²) in [4.78, 5) is 32.7. The van der Waals surface area contributed by atoms with Crippen molar-refractivity contribution in [1.82, 2.24) is 9.97 Å². The quantitative estimate of drug-likeness (QED) is 0.591. The second-order valence-electron chi connectivity index (χ2n) is 4.06. The second-order valence-corrected chi connectivity index (χ2v) is 4.45. The maximum Gasteiger partial charge on any atom is 0.311 e. The van der Waals surface area contributed by atoms with Gasteiger partial charge in [-0.05, 0) is 13.0 Å². The van der Waals surface area contributed by atoms with E-state index in [2.05, 4.69) is 14.7 Å². The number of nitrogens with zero attached hydrogens (tertiary/aromatic N) is 3. The lowest BCUT2D eigenvalue weighted by atomic mass is 10.1. The molecule has 1 saturated heterocycles. The molecule has 7 heteroatoms. The number of anilines is 1. The van der Waals surface area contributed by atoms with Gasteiger partial charge in [0.15, 0.2) is 0 Å². The van der Waals surface area contributed by atoms with Crippen molar-refractivity contribution < 1.29 is 14.3 Å². The number of hydrogen-bond acceptors (Lipinski definition) is 5. The summed E-state index contributed by atoms with van der Waals surface area (Å²) >= 11 is 5.82. The Bertz CT molecular complexity index is 486. The molecule has 0 bridgehead atoms. The van der Waals surface area contributed by atoms with Crippen molar-refractivity contribution in [2.24, 2.45) is 5.92 Å². The van der Waals surface area contributed by atoms with Crippen LogP contribution in [-0.2, 0) is 14.3 Å². The third-order valence-electron chi connectivity index (χ3n) is 2.71. The highest BCUT2D eigenvalue weighted by Crippen LogP contribution is 2.24. The van der Waals surface area contributed by atoms with Gasteiger partial charge in [-0.1, -0.05) is 11.6 Å². The lowest BCUT2D eigenvalue weighted by molar-refractivity contribution is -0.145. The molecular formula is C11H12ClN3O3. The zero-order valence-corrected chi connectivity index (χ0v) is 10.8. The molecule has 0 radical (unpaired) electrons. The Morgan fingerprint density at radius 1 is 1.56 bits per heavy atom. The molecule has 1 aliphatic heterocycles. The van der Waals surface area contributed by atoms with Crippen LogP contribution in [0.5, 0.6) is 0 Å². The minimum Gasteiger partial charge on any atom is -0.469 e. The number of aryl methyl sites for hydroxylation is 1. The highest BCUT2D eigenvalue weighted by molar-refractivity contribution is 6.29. The van der Waals surface area contributed by atoms with E-state index in [1.807, 2.05) is 0 Å². The van der Waals surface area contributed by atoms with E-state index in [4.69, 9.17) is 11.6 Å². The highest BCUT2D eigenvalue weighted by Gasteiger charge is 2.37. The van der Waals surface area contributed by atoms with Gasteiger partial charge in [-0.15, -0.1) is 0 Å². The molecule has 1 unspecified atom stereocenters. The van der Waals surface area contributed by atoms with E-state index >= 15 is 0 Å². The lowest BCUT2D eigenvalue weighted by Crippen LogP contribution is -2.28. The van der Waals surface area contributed by atoms with Gasteiger partial charge in [0.1, 0.15) is 5.15 Å². The van der Waals surface area contributed by atoms with Crippen LogP contribution in [0.2, 0.25) is 5.15 Å². The molecule has 0 saturated carbocycles. The van der Waals surface area contributed by atoms with Gasteiger partial charge in [0.2, 0.25) is 11.9 Å². The number of aromatic nitrogens is 2. The van der Waals surface area contributed by atoms with Crippen molar-refractivity contribution in [3.63, 3.8) is 0 Å². The number of methoxy groups -OCH3 is 1. The van der Waals surface area contributed by atoms with Crippen LogP contribution in [0.25, 0.3) is 0 Å². The van der Waals surface area contributed by atoms with E-state index in [1.54, 1.807) is 13.0 Å². The third-order valence-corrected chi connectivity index (χ3v) is 2.91. The summed E-state index contributed by atoms with van der Waals surface area (Å²) < 4.78 is 4.63. The topological polar surface area (TPSA) is 72.4 Å². The SMILES string of the molecule is COC(=O)C1CC(=O)N(c2nc(C)cc(Cl)n2)C1. The van der Waals surface area contributed by atoms with Crippen LogP contribution in [0.3, 0.4) is 0 Å². The Morgan fingerprint density at radius 3 is 2.89 bits per heavy atom. The fourth-order valence-corrected chi connectivity index (χ4v) is 2.09. The summed E-state index contributed by atoms with van der Waals surface area (Å²) in [6, 6.07) is 1.60. The fourth-order valence-electron chi connectivity index (χ4n) is 1.86. The van der Waals surface area contributed by atoms with Crippen LogP contribution < -0.4 is 4.90 Å². The molecule has 0 aromatic carbocycles. The van der Waals surface area contributed by atoms with Gasteiger partial charge in [-0.2, -0.15) is 0 Å². The molecule has 18 heavy (non-hydrogen) atoms. The minimum atomic E-state index is -0.467. The van der Waals surface area contributed by atoms with Gasteiger partial charge in [-0.3, -0.25) is 14.5 Å². The summed E-state index contributed by atoms with van der Waals surface area (Å²) in [5.41, 5.74) is 0.666. The standard InChI is InChI=1S/C11H12ClN3O3/c1-6-3-8(12)14-11(13-6)15-5-7(4-9(15)16)10(17)18-2/h3,7H,4-5H2,1-2H3. The minimum absolute atomic E-state index is 0.113. The van der Waals surface area contributed by atoms with Gasteiger partial charge in [0.05, 0.1) is 13.0 Å². The van der Waals surface area contributed by atoms with E-state index in [0.717, 1.165) is 0 Å². The number of esters is 1. The first-order valence-electron chi connectivity index (χ1n) is 5.40. The smallest absolute Gasteiger partial charge is 0.311 e. The van der Waals surface area contributed by atoms with Crippen molar-refractivity contribution in [3.8, 4) is 0 Å². The molecule has 0 aliphatic carbocycles. The summed E-state index contributed by atoms with van der Waals surface area (Å²) in [5, 5.41) is 0.270. The van der Waals surface area contributed by atoms with Gasteiger partial charge in [0, 0.05) is 18.7 Å². The molecule has 1 fully saturated rings. The monoisotopic (exact) mass is 269 g/mol. The van der Waals surface area contributed by atoms with Crippen LogP contribution in [0.1, 0.15) is 12.1 Å². The number of carbonyl (C=O) groups is 2. The molecule has 1 aromatic heterocycles. The van der Waals surface area contributed by atoms with Gasteiger partial charge >= 0.3 is 5.97 Å². The third kappa shape index (κ3) is 2.43. The molecule has 96 valence electrons. The van der Waals surface area contributed by atoms with Crippen molar-refractivity contribution in [2.75, 3.05) is 18.6 Å². The van der Waals surface area contributed by atoms with Crippen molar-refractivity contribution in [3.05, 3.63) is 16.9 Å². The lowest BCUT2D eigenvalue weighted by Gasteiger charge is -2.14. The number of hydrogen-bond donors (Lipinski definition) is 0. The van der Waals surface area contributed by atoms with E-state index < -0.39 is 11.9 Å². The van der Waals surface area contributed by atoms with Gasteiger partial charge in [0.25, 0.3) is 0 Å². The summed E-state index contributed by atoms with van der Waals surface area (Å²) in [7, 11) is 1.30. The molecule has 2 heterocycles. The number of carbonyl (C=O) groups excluding carboxylic acids is 2. The molecule has 1 aromatic rings. The Kier molecular flexibility index (Phi) is 3.47. The maximum atomic E-state index is 11.8. The van der Waals surface area contributed by atoms with Crippen molar-refractivity contribution in [2.45, 2.75) is 13.3 Å². The summed E-state index contributed by atoms with van der Waals surface area (Å²) in [5.74, 6) is -0.835. The molecule has 2 rings (SSSR count). The molecule has 0 N–H and O–H groups in total. The average molecular weight is 270 g/mol. The van der Waals surface area contributed by atoms with Gasteiger partial charge < -0.3 is 4.74 Å². The molecule has 0 spiro atoms. The van der Waals surface area contributed by atoms with Crippen LogP contribution >= 0.6 is 11.6 Å². The van der Waals surface area contributed by atoms with Crippen molar-refractivity contribution >= 4 is 29.4 Å². The maximum absolute atomic E-state index is 11.8. The predicted octanol–water partition coefficient (Wildman–Crippen LogP) is 0.964. The number of halogens is 1. The molecule has 1 aliphatic rings. The van der Waals surface area contributed by atoms with E-state index in [0.29, 0.717) is 5.69 Å². The van der Waals surface area contributed by atoms with Crippen molar-refractivity contribution in [1.29, 1.82) is 0 Å². The Labute approximate surface area is 109 Å². The normalized spacial score (nSPS) is 19.2. The predicted molar refractivity (Wildman–Crippen MR) is 64.3 cm³/mol. The number of ether oxygens (including phenoxy) is 1. The zero-order chi connectivity index (χ0) is 13.3. The van der Waals surface area contributed by atoms with E-state index in [-0.39, 0.29) is 30.0 Å². The zero-order valence-electron chi connectivity index (χ0n) is 10.0. The average Bonchev–Trinajstić information content (AvgIpc) is 2.69. The molecule has 1 amide bonds. The van der Waals surface area contributed by atoms with Crippen LogP contribution in [0.4, 0.5) is 5.95 Å². The number of amides is 1. The molecule has 6 nitrogen and oxygen atoms in total. The fraction of sp³-hybridized carbons (Fsp3) is 0.455. The summed E-state index contributed by atoms with van der Waals surface area (Å²) in [6.07, 6.45) is 0.113. The van der Waals surface area contributed by atoms with Crippen LogP contribution in [0, 0.1) is 12.8 Å². The first-order chi connectivity index (χ1) is 8.51. The van der Waals surface area contributed by atoms with Crippen LogP contribution in [0.15, 0.2) is 6.07 Å². The van der Waals surface area contributed by atoms with E-state index in [9.17, 15) is 9.59 Å². The van der Waals surface area contributed by atoms with Crippen LogP contribution in [-0.4, -0.2) is 35.5 Å². The first kappa shape index (κ1) is 12.8. The number of rotatable bonds is 2. The largest absolute Gasteiger partial charge is 0.469 e. The Morgan fingerprint density at radius 2 is 2.28 bits per heavy atom. The first-order valence-corrected chi connectivity index (χ1v) is 5.78. The highest BCUT2D eigenvalue weighted by atomic mass is 35.5. The second kappa shape index (κ2) is 4.89. The summed E-state index contributed by atoms with van der Waals surface area (Å²) in [6.45, 7) is 1.99. The molecule has 1 atom stereocenters. The Hall–Kier alpha value is -1.69. The van der Waals surface area contributed by atoms with Gasteiger partial charge in [-0.25, -0.2) is 9.97 Å². The van der Waals surface area contributed by atoms with E-state index in [1.165, 1.54) is 12.0 Å². The Balaban J connectivity index is 2.24. The molecular weight excluding hydrogens is 258 g/mol.